The maximum atomic E-state index is 12.6. The number of benzene rings is 3. The molecule has 0 saturated carbocycles. The number of sulfonamides is 3. The molecule has 284 valence electrons. The van der Waals surface area contributed by atoms with Gasteiger partial charge in [-0.25, -0.2) is 53.8 Å². The van der Waals surface area contributed by atoms with Gasteiger partial charge in [0.15, 0.2) is 0 Å². The van der Waals surface area contributed by atoms with Gasteiger partial charge in [-0.2, -0.15) is 0 Å². The van der Waals surface area contributed by atoms with E-state index in [1.54, 1.807) is 4.90 Å². The molecule has 3 aromatic rings. The predicted octanol–water partition coefficient (Wildman–Crippen LogP) is 0.379. The quantitative estimate of drug-likeness (QED) is 0.102. The Morgan fingerprint density at radius 2 is 0.692 bits per heavy atom. The average Bonchev–Trinajstić information content (AvgIpc) is 3.10. The number of hydrogen-bond acceptors (Lipinski definition) is 13. The number of nitrogens with zero attached hydrogens (tertiary/aromatic N) is 1. The number of urea groups is 3. The van der Waals surface area contributed by atoms with Crippen LogP contribution in [0.2, 0.25) is 0 Å². The fraction of sp³-hybridized carbons (Fsp3) is 0.300. The Hall–Kier alpha value is -5.32. The van der Waals surface area contributed by atoms with Crippen molar-refractivity contribution in [2.45, 2.75) is 14.7 Å². The van der Waals surface area contributed by atoms with E-state index in [0.717, 1.165) is 0 Å². The molecule has 0 fully saturated rings. The standard InChI is InChI=1S/C30H39N7O12S3/c1-47-22-4-10-25(11-5-22)50(41,42)34-28(38)31-16-19-37(20-17-32-29(39)35-51(43,44)26-12-6-23(48-2)7-13-26)21-18-33-30(40)36-52(45,46)27-14-8-24(49-3)9-15-27/h4-15H,16-21H2,1-3H3,(H2,31,34,38)(H2,32,35,39)(H2,33,36,40). The third kappa shape index (κ3) is 12.8. The summed E-state index contributed by atoms with van der Waals surface area (Å²) >= 11 is 0. The fourth-order valence-corrected chi connectivity index (χ4v) is 7.02. The third-order valence-electron chi connectivity index (χ3n) is 6.93. The average molecular weight is 786 g/mol. The molecule has 3 rings (SSSR count). The molecular formula is C30H39N7O12S3. The van der Waals surface area contributed by atoms with Crippen LogP contribution in [0.4, 0.5) is 14.4 Å². The smallest absolute Gasteiger partial charge is 0.328 e. The number of hydrogen-bond donors (Lipinski definition) is 6. The van der Waals surface area contributed by atoms with Gasteiger partial charge >= 0.3 is 18.1 Å². The number of rotatable bonds is 18. The third-order valence-corrected chi connectivity index (χ3v) is 11.0. The molecule has 0 saturated heterocycles. The number of methoxy groups -OCH3 is 3. The van der Waals surface area contributed by atoms with Gasteiger partial charge < -0.3 is 30.2 Å². The molecule has 0 radical (unpaired) electrons. The van der Waals surface area contributed by atoms with Gasteiger partial charge in [0, 0.05) is 39.3 Å². The monoisotopic (exact) mass is 785 g/mol. The van der Waals surface area contributed by atoms with Crippen LogP contribution in [0.3, 0.4) is 0 Å². The molecule has 0 atom stereocenters. The summed E-state index contributed by atoms with van der Waals surface area (Å²) in [4.78, 5) is 38.3. The lowest BCUT2D eigenvalue weighted by atomic mass is 10.3. The zero-order valence-electron chi connectivity index (χ0n) is 28.2. The van der Waals surface area contributed by atoms with E-state index < -0.39 is 48.2 Å². The van der Waals surface area contributed by atoms with Crippen molar-refractivity contribution < 1.29 is 53.8 Å². The van der Waals surface area contributed by atoms with Crippen molar-refractivity contribution in [2.75, 3.05) is 60.6 Å². The van der Waals surface area contributed by atoms with Gasteiger partial charge in [0.2, 0.25) is 0 Å². The van der Waals surface area contributed by atoms with Gasteiger partial charge in [0.25, 0.3) is 30.1 Å². The summed E-state index contributed by atoms with van der Waals surface area (Å²) in [6.45, 7) is -0.176. The summed E-state index contributed by atoms with van der Waals surface area (Å²) in [6.07, 6.45) is 0. The second kappa shape index (κ2) is 18.8. The number of amides is 6. The summed E-state index contributed by atoms with van der Waals surface area (Å²) in [5.74, 6) is 1.25. The highest BCUT2D eigenvalue weighted by Crippen LogP contribution is 2.17. The molecule has 3 aromatic carbocycles. The van der Waals surface area contributed by atoms with Crippen molar-refractivity contribution >= 4 is 48.2 Å². The molecule has 0 aliphatic rings. The summed E-state index contributed by atoms with van der Waals surface area (Å²) in [5, 5.41) is 7.21. The first-order valence-electron chi connectivity index (χ1n) is 15.1. The summed E-state index contributed by atoms with van der Waals surface area (Å²) < 4.78 is 96.1. The van der Waals surface area contributed by atoms with Gasteiger partial charge in [-0.3, -0.25) is 4.90 Å². The largest absolute Gasteiger partial charge is 0.497 e. The van der Waals surface area contributed by atoms with Crippen molar-refractivity contribution in [2.24, 2.45) is 0 Å². The Kier molecular flexibility index (Phi) is 14.8. The zero-order chi connectivity index (χ0) is 38.4. The molecule has 6 amide bonds. The van der Waals surface area contributed by atoms with Crippen LogP contribution in [0.5, 0.6) is 17.2 Å². The van der Waals surface area contributed by atoms with Gasteiger partial charge in [-0.15, -0.1) is 0 Å². The topological polar surface area (TPSA) is 257 Å². The number of nitrogens with one attached hydrogen (secondary N) is 6. The highest BCUT2D eigenvalue weighted by Gasteiger charge is 2.20. The Labute approximate surface area is 301 Å². The number of carbonyl (C=O) groups excluding carboxylic acids is 3. The van der Waals surface area contributed by atoms with E-state index in [9.17, 15) is 39.6 Å². The maximum Gasteiger partial charge on any atom is 0.328 e. The molecule has 0 bridgehead atoms. The second-order valence-electron chi connectivity index (χ2n) is 10.5. The van der Waals surface area contributed by atoms with E-state index in [4.69, 9.17) is 14.2 Å². The molecule has 22 heteroatoms. The predicted molar refractivity (Wildman–Crippen MR) is 187 cm³/mol. The van der Waals surface area contributed by atoms with E-state index in [0.29, 0.717) is 17.2 Å². The molecule has 6 N–H and O–H groups in total. The lowest BCUT2D eigenvalue weighted by Gasteiger charge is -2.23. The number of ether oxygens (including phenoxy) is 3. The van der Waals surface area contributed by atoms with Gasteiger partial charge in [0.1, 0.15) is 17.2 Å². The molecule has 0 aliphatic carbocycles. The van der Waals surface area contributed by atoms with Crippen LogP contribution in [0.1, 0.15) is 0 Å². The van der Waals surface area contributed by atoms with Crippen molar-refractivity contribution in [1.82, 2.24) is 35.0 Å². The van der Waals surface area contributed by atoms with E-state index >= 15 is 0 Å². The minimum atomic E-state index is -4.21. The Morgan fingerprint density at radius 3 is 0.904 bits per heavy atom. The van der Waals surface area contributed by atoms with E-state index in [-0.39, 0.29) is 54.0 Å². The van der Waals surface area contributed by atoms with E-state index in [2.05, 4.69) is 16.0 Å². The zero-order valence-corrected chi connectivity index (χ0v) is 30.7. The lowest BCUT2D eigenvalue weighted by molar-refractivity contribution is 0.232. The van der Waals surface area contributed by atoms with Crippen molar-refractivity contribution in [3.8, 4) is 17.2 Å². The SMILES string of the molecule is COc1ccc(S(=O)(=O)NC(=O)NCCN(CCNC(=O)NS(=O)(=O)c2ccc(OC)cc2)CCNC(=O)NS(=O)(=O)c2ccc(OC)cc2)cc1. The maximum absolute atomic E-state index is 12.6. The summed E-state index contributed by atoms with van der Waals surface area (Å²) in [6, 6.07) is 12.9. The Morgan fingerprint density at radius 1 is 0.462 bits per heavy atom. The first-order valence-corrected chi connectivity index (χ1v) is 19.6. The van der Waals surface area contributed by atoms with Gasteiger partial charge in [-0.1, -0.05) is 0 Å². The van der Waals surface area contributed by atoms with Crippen molar-refractivity contribution in [3.63, 3.8) is 0 Å². The molecule has 0 aromatic heterocycles. The van der Waals surface area contributed by atoms with Crippen molar-refractivity contribution in [3.05, 3.63) is 72.8 Å². The Bertz CT molecular complexity index is 1760. The highest BCUT2D eigenvalue weighted by atomic mass is 32.2. The molecular weight excluding hydrogens is 747 g/mol. The fourth-order valence-electron chi connectivity index (χ4n) is 4.23. The van der Waals surface area contributed by atoms with Crippen LogP contribution in [-0.4, -0.2) is 109 Å². The molecule has 0 spiro atoms. The molecule has 0 unspecified atom stereocenters. The normalized spacial score (nSPS) is 11.5. The first kappa shape index (κ1) is 41.1. The van der Waals surface area contributed by atoms with Crippen LogP contribution >= 0.6 is 0 Å². The molecule has 52 heavy (non-hydrogen) atoms. The van der Waals surface area contributed by atoms with Crippen LogP contribution in [0.15, 0.2) is 87.5 Å². The summed E-state index contributed by atoms with van der Waals surface area (Å²) in [7, 11) is -8.39. The number of carbonyl (C=O) groups is 3. The lowest BCUT2D eigenvalue weighted by Crippen LogP contribution is -2.47. The van der Waals surface area contributed by atoms with Gasteiger partial charge in [-0.05, 0) is 72.8 Å². The minimum absolute atomic E-state index is 0.0525. The minimum Gasteiger partial charge on any atom is -0.497 e. The van der Waals surface area contributed by atoms with Crippen LogP contribution < -0.4 is 44.3 Å². The van der Waals surface area contributed by atoms with Crippen molar-refractivity contribution in [1.29, 1.82) is 0 Å². The van der Waals surface area contributed by atoms with E-state index in [1.165, 1.54) is 94.1 Å². The highest BCUT2D eigenvalue weighted by molar-refractivity contribution is 7.90. The van der Waals surface area contributed by atoms with Gasteiger partial charge in [0.05, 0.1) is 36.0 Å². The molecule has 19 nitrogen and oxygen atoms in total. The van der Waals surface area contributed by atoms with Crippen LogP contribution in [-0.2, 0) is 30.1 Å². The first-order chi connectivity index (χ1) is 24.6. The van der Waals surface area contributed by atoms with E-state index in [1.807, 2.05) is 14.2 Å². The molecule has 0 heterocycles. The second-order valence-corrected chi connectivity index (χ2v) is 15.5. The molecule has 0 aliphatic heterocycles. The Balaban J connectivity index is 1.56. The van der Waals surface area contributed by atoms with Crippen LogP contribution in [0, 0.1) is 0 Å². The summed E-state index contributed by atoms with van der Waals surface area (Å²) in [5.41, 5.74) is 0. The van der Waals surface area contributed by atoms with Crippen LogP contribution in [0.25, 0.3) is 0 Å².